The van der Waals surface area contributed by atoms with Gasteiger partial charge in [-0.2, -0.15) is 27.1 Å². The fourth-order valence-corrected chi connectivity index (χ4v) is 3.11. The third-order valence-electron chi connectivity index (χ3n) is 4.46. The number of nitrogens with one attached hydrogen (secondary N) is 1. The summed E-state index contributed by atoms with van der Waals surface area (Å²) in [6, 6.07) is 4.46. The highest BCUT2D eigenvalue weighted by Gasteiger charge is 2.32. The number of carbonyl (C=O) groups is 1. The Morgan fingerprint density at radius 3 is 2.57 bits per heavy atom. The Labute approximate surface area is 157 Å². The van der Waals surface area contributed by atoms with E-state index >= 15 is 0 Å². The van der Waals surface area contributed by atoms with Gasteiger partial charge < -0.3 is 10.2 Å². The minimum absolute atomic E-state index is 0.167. The van der Waals surface area contributed by atoms with Gasteiger partial charge in [0.2, 0.25) is 5.91 Å². The lowest BCUT2D eigenvalue weighted by Crippen LogP contribution is -2.38. The van der Waals surface area contributed by atoms with Gasteiger partial charge in [0, 0.05) is 18.8 Å². The number of halogens is 5. The van der Waals surface area contributed by atoms with E-state index in [1.807, 2.05) is 0 Å². The maximum absolute atomic E-state index is 13.1. The SMILES string of the molecule is C=CC(=O)NC[C@@H]1Cc2nn(C(F)F)cc2N(c2ccc(C(F)(F)F)cc2)C1. The van der Waals surface area contributed by atoms with Crippen LogP contribution in [0.15, 0.2) is 43.1 Å². The van der Waals surface area contributed by atoms with Crippen LogP contribution >= 0.6 is 0 Å². The van der Waals surface area contributed by atoms with Crippen LogP contribution in [0.3, 0.4) is 0 Å². The zero-order valence-electron chi connectivity index (χ0n) is 14.6. The molecule has 28 heavy (non-hydrogen) atoms. The highest BCUT2D eigenvalue weighted by molar-refractivity contribution is 5.86. The second-order valence-electron chi connectivity index (χ2n) is 6.39. The van der Waals surface area contributed by atoms with Crippen LogP contribution in [0.5, 0.6) is 0 Å². The molecule has 0 bridgehead atoms. The van der Waals surface area contributed by atoms with E-state index in [4.69, 9.17) is 0 Å². The van der Waals surface area contributed by atoms with Gasteiger partial charge in [-0.05, 0) is 42.7 Å². The number of hydrogen-bond donors (Lipinski definition) is 1. The lowest BCUT2D eigenvalue weighted by atomic mass is 9.96. The van der Waals surface area contributed by atoms with Crippen LogP contribution in [0.2, 0.25) is 0 Å². The summed E-state index contributed by atoms with van der Waals surface area (Å²) in [5.74, 6) is -0.537. The molecule has 1 amide bonds. The van der Waals surface area contributed by atoms with Gasteiger partial charge in [-0.1, -0.05) is 6.58 Å². The molecule has 0 radical (unpaired) electrons. The summed E-state index contributed by atoms with van der Waals surface area (Å²) in [5, 5.41) is 6.54. The Bertz CT molecular complexity index is 860. The van der Waals surface area contributed by atoms with Crippen LogP contribution < -0.4 is 10.2 Å². The average molecular weight is 400 g/mol. The molecule has 1 aliphatic rings. The minimum atomic E-state index is -4.47. The van der Waals surface area contributed by atoms with Crippen molar-refractivity contribution in [3.05, 3.63) is 54.4 Å². The molecule has 0 spiro atoms. The van der Waals surface area contributed by atoms with Crippen LogP contribution in [-0.4, -0.2) is 28.8 Å². The Hall–Kier alpha value is -2.91. The molecule has 10 heteroatoms. The normalized spacial score (nSPS) is 16.8. The van der Waals surface area contributed by atoms with Crippen molar-refractivity contribution >= 4 is 17.3 Å². The summed E-state index contributed by atoms with van der Waals surface area (Å²) in [6.07, 6.45) is -1.82. The summed E-state index contributed by atoms with van der Waals surface area (Å²) in [5.41, 5.74) is 0.421. The van der Waals surface area contributed by atoms with Crippen molar-refractivity contribution in [2.45, 2.75) is 19.1 Å². The Balaban J connectivity index is 1.91. The highest BCUT2D eigenvalue weighted by Crippen LogP contribution is 2.37. The number of nitrogens with zero attached hydrogens (tertiary/aromatic N) is 3. The maximum atomic E-state index is 13.1. The second-order valence-corrected chi connectivity index (χ2v) is 6.39. The van der Waals surface area contributed by atoms with Crippen LogP contribution in [-0.2, 0) is 17.4 Å². The molecule has 2 heterocycles. The van der Waals surface area contributed by atoms with Crippen molar-refractivity contribution in [2.75, 3.05) is 18.0 Å². The lowest BCUT2D eigenvalue weighted by molar-refractivity contribution is -0.137. The van der Waals surface area contributed by atoms with Gasteiger partial charge in [-0.3, -0.25) is 4.79 Å². The first-order valence-corrected chi connectivity index (χ1v) is 8.40. The van der Waals surface area contributed by atoms with E-state index in [1.54, 1.807) is 4.90 Å². The Kier molecular flexibility index (Phi) is 5.39. The van der Waals surface area contributed by atoms with E-state index in [9.17, 15) is 26.7 Å². The zero-order chi connectivity index (χ0) is 20.5. The molecule has 0 saturated heterocycles. The van der Waals surface area contributed by atoms with E-state index in [0.717, 1.165) is 18.2 Å². The number of anilines is 2. The number of aromatic nitrogens is 2. The van der Waals surface area contributed by atoms with Crippen molar-refractivity contribution in [3.63, 3.8) is 0 Å². The van der Waals surface area contributed by atoms with E-state index in [-0.39, 0.29) is 18.4 Å². The number of amides is 1. The molecule has 0 fully saturated rings. The molecular formula is C18H17F5N4O. The minimum Gasteiger partial charge on any atom is -0.352 e. The maximum Gasteiger partial charge on any atom is 0.416 e. The summed E-state index contributed by atoms with van der Waals surface area (Å²) in [4.78, 5) is 13.0. The zero-order valence-corrected chi connectivity index (χ0v) is 14.6. The average Bonchev–Trinajstić information content (AvgIpc) is 3.09. The number of fused-ring (bicyclic) bond motifs is 1. The molecule has 1 aromatic carbocycles. The van der Waals surface area contributed by atoms with Gasteiger partial charge in [-0.25, -0.2) is 4.68 Å². The molecule has 2 aromatic rings. The van der Waals surface area contributed by atoms with Gasteiger partial charge in [-0.15, -0.1) is 0 Å². The summed E-state index contributed by atoms with van der Waals surface area (Å²) in [7, 11) is 0. The smallest absolute Gasteiger partial charge is 0.352 e. The van der Waals surface area contributed by atoms with Crippen molar-refractivity contribution in [2.24, 2.45) is 5.92 Å². The molecule has 3 rings (SSSR count). The topological polar surface area (TPSA) is 50.2 Å². The van der Waals surface area contributed by atoms with Gasteiger partial charge >= 0.3 is 12.7 Å². The lowest BCUT2D eigenvalue weighted by Gasteiger charge is -2.33. The van der Waals surface area contributed by atoms with E-state index in [1.165, 1.54) is 18.3 Å². The molecule has 1 atom stereocenters. The predicted molar refractivity (Wildman–Crippen MR) is 92.3 cm³/mol. The molecule has 0 aliphatic carbocycles. The molecule has 0 unspecified atom stereocenters. The number of hydrogen-bond acceptors (Lipinski definition) is 3. The third-order valence-corrected chi connectivity index (χ3v) is 4.46. The summed E-state index contributed by atoms with van der Waals surface area (Å²) in [6.45, 7) is 1.10. The Morgan fingerprint density at radius 2 is 2.00 bits per heavy atom. The second kappa shape index (κ2) is 7.61. The van der Waals surface area contributed by atoms with E-state index < -0.39 is 18.3 Å². The molecule has 1 N–H and O–H groups in total. The van der Waals surface area contributed by atoms with Crippen LogP contribution in [0.4, 0.5) is 33.3 Å². The fourth-order valence-electron chi connectivity index (χ4n) is 3.11. The van der Waals surface area contributed by atoms with Crippen LogP contribution in [0.25, 0.3) is 0 Å². The number of carbonyl (C=O) groups excluding carboxylic acids is 1. The molecule has 5 nitrogen and oxygen atoms in total. The molecular weight excluding hydrogens is 383 g/mol. The van der Waals surface area contributed by atoms with Crippen LogP contribution in [0.1, 0.15) is 17.8 Å². The first kappa shape index (κ1) is 19.8. The largest absolute Gasteiger partial charge is 0.416 e. The quantitative estimate of drug-likeness (QED) is 0.612. The van der Waals surface area contributed by atoms with Crippen molar-refractivity contribution < 1.29 is 26.7 Å². The van der Waals surface area contributed by atoms with E-state index in [2.05, 4.69) is 17.0 Å². The number of rotatable bonds is 5. The summed E-state index contributed by atoms with van der Waals surface area (Å²) < 4.78 is 65.0. The van der Waals surface area contributed by atoms with Gasteiger partial charge in [0.15, 0.2) is 0 Å². The first-order valence-electron chi connectivity index (χ1n) is 8.40. The first-order chi connectivity index (χ1) is 13.2. The van der Waals surface area contributed by atoms with Gasteiger partial charge in [0.1, 0.15) is 0 Å². The predicted octanol–water partition coefficient (Wildman–Crippen LogP) is 3.91. The molecule has 150 valence electrons. The van der Waals surface area contributed by atoms with Crippen molar-refractivity contribution in [1.82, 2.24) is 15.1 Å². The van der Waals surface area contributed by atoms with E-state index in [0.29, 0.717) is 34.7 Å². The molecule has 1 aromatic heterocycles. The van der Waals surface area contributed by atoms with Crippen molar-refractivity contribution in [3.8, 4) is 0 Å². The van der Waals surface area contributed by atoms with Crippen molar-refractivity contribution in [1.29, 1.82) is 0 Å². The fraction of sp³-hybridized carbons (Fsp3) is 0.333. The summed E-state index contributed by atoms with van der Waals surface area (Å²) >= 11 is 0. The van der Waals surface area contributed by atoms with Gasteiger partial charge in [0.25, 0.3) is 0 Å². The third kappa shape index (κ3) is 4.15. The monoisotopic (exact) mass is 400 g/mol. The van der Waals surface area contributed by atoms with Crippen LogP contribution in [0, 0.1) is 5.92 Å². The van der Waals surface area contributed by atoms with Gasteiger partial charge in [0.05, 0.1) is 23.1 Å². The number of alkyl halides is 5. The number of benzene rings is 1. The standard InChI is InChI=1S/C18H17F5N4O/c1-2-16(28)24-8-11-7-14-15(10-27(25-14)17(19)20)26(9-11)13-5-3-12(4-6-13)18(21,22)23/h2-6,10-11,17H,1,7-9H2,(H,24,28)/t11-/m0/s1. The molecule has 1 aliphatic heterocycles. The molecule has 0 saturated carbocycles. The highest BCUT2D eigenvalue weighted by atomic mass is 19.4. The Morgan fingerprint density at radius 1 is 1.32 bits per heavy atom.